The molecule has 142 valence electrons. The normalized spacial score (nSPS) is 15.6. The molecule has 1 aliphatic rings. The minimum atomic E-state index is -0.773. The molecule has 0 atom stereocenters. The average Bonchev–Trinajstić information content (AvgIpc) is 2.66. The van der Waals surface area contributed by atoms with E-state index in [1.807, 2.05) is 6.92 Å². The molecule has 1 fully saturated rings. The van der Waals surface area contributed by atoms with Gasteiger partial charge in [-0.05, 0) is 58.8 Å². The molecule has 1 heterocycles. The third-order valence-electron chi connectivity index (χ3n) is 4.02. The summed E-state index contributed by atoms with van der Waals surface area (Å²) < 4.78 is 6.15. The number of nitrogens with one attached hydrogen (secondary N) is 1. The number of anilines is 1. The predicted octanol–water partition coefficient (Wildman–Crippen LogP) is 3.99. The van der Waals surface area contributed by atoms with E-state index in [4.69, 9.17) is 4.74 Å². The number of nitrogens with zero attached hydrogens (tertiary/aromatic N) is 1. The number of aryl methyl sites for hydroxylation is 1. The molecule has 0 aliphatic carbocycles. The van der Waals surface area contributed by atoms with E-state index >= 15 is 0 Å². The summed E-state index contributed by atoms with van der Waals surface area (Å²) in [7, 11) is 0. The summed E-state index contributed by atoms with van der Waals surface area (Å²) in [5.74, 6) is -0.805. The van der Waals surface area contributed by atoms with E-state index in [1.54, 1.807) is 48.5 Å². The van der Waals surface area contributed by atoms with Crippen molar-refractivity contribution in [3.8, 4) is 5.75 Å². The van der Waals surface area contributed by atoms with Gasteiger partial charge < -0.3 is 4.74 Å². The van der Waals surface area contributed by atoms with Gasteiger partial charge in [0.25, 0.3) is 11.8 Å². The molecule has 6 nitrogen and oxygen atoms in total. The second kappa shape index (κ2) is 8.22. The summed E-state index contributed by atoms with van der Waals surface area (Å²) in [5, 5.41) is 2.21. The maximum atomic E-state index is 12.9. The van der Waals surface area contributed by atoms with Gasteiger partial charge in [0.05, 0.1) is 10.2 Å². The number of carbonyl (C=O) groups is 3. The van der Waals surface area contributed by atoms with Crippen molar-refractivity contribution in [1.82, 2.24) is 5.32 Å². The van der Waals surface area contributed by atoms with Gasteiger partial charge in [0.15, 0.2) is 0 Å². The molecule has 1 saturated heterocycles. The molecular weight excluding hydrogens is 424 g/mol. The molecule has 2 aromatic rings. The van der Waals surface area contributed by atoms with Crippen molar-refractivity contribution in [3.05, 3.63) is 76.3 Å². The van der Waals surface area contributed by atoms with E-state index in [0.717, 1.165) is 10.5 Å². The molecule has 2 aromatic carbocycles. The molecule has 0 bridgehead atoms. The van der Waals surface area contributed by atoms with Gasteiger partial charge in [-0.2, -0.15) is 0 Å². The van der Waals surface area contributed by atoms with Gasteiger partial charge in [0, 0.05) is 0 Å². The number of hydrogen-bond acceptors (Lipinski definition) is 4. The van der Waals surface area contributed by atoms with Crippen LogP contribution in [0.4, 0.5) is 10.5 Å². The summed E-state index contributed by atoms with van der Waals surface area (Å²) >= 11 is 3.40. The standard InChI is InChI=1S/C21H17BrN2O4/c1-3-10-28-18-9-6-14(12-17(18)22)11-16-19(25)23-21(27)24(20(16)26)15-7-4-13(2)5-8-15/h3-9,11-12H,1,10H2,2H3,(H,23,25,27)/b16-11+. The first-order valence-corrected chi connectivity index (χ1v) is 9.21. The smallest absolute Gasteiger partial charge is 0.335 e. The second-order valence-electron chi connectivity index (χ2n) is 6.08. The van der Waals surface area contributed by atoms with Crippen LogP contribution in [0, 0.1) is 6.92 Å². The summed E-state index contributed by atoms with van der Waals surface area (Å²) in [4.78, 5) is 38.3. The van der Waals surface area contributed by atoms with Crippen LogP contribution in [-0.2, 0) is 9.59 Å². The van der Waals surface area contributed by atoms with Gasteiger partial charge in [-0.25, -0.2) is 9.69 Å². The topological polar surface area (TPSA) is 75.7 Å². The zero-order valence-corrected chi connectivity index (χ0v) is 16.7. The first-order valence-electron chi connectivity index (χ1n) is 8.42. The van der Waals surface area contributed by atoms with Crippen LogP contribution in [0.3, 0.4) is 0 Å². The van der Waals surface area contributed by atoms with E-state index in [2.05, 4.69) is 27.8 Å². The van der Waals surface area contributed by atoms with Crippen molar-refractivity contribution in [2.45, 2.75) is 6.92 Å². The maximum Gasteiger partial charge on any atom is 0.335 e. The molecule has 0 radical (unpaired) electrons. The van der Waals surface area contributed by atoms with Crippen LogP contribution in [0.25, 0.3) is 6.08 Å². The molecule has 3 rings (SSSR count). The molecule has 7 heteroatoms. The molecule has 28 heavy (non-hydrogen) atoms. The maximum absolute atomic E-state index is 12.9. The highest BCUT2D eigenvalue weighted by molar-refractivity contribution is 9.10. The van der Waals surface area contributed by atoms with Crippen LogP contribution in [0.15, 0.2) is 65.2 Å². The van der Waals surface area contributed by atoms with E-state index < -0.39 is 17.8 Å². The Hall–Kier alpha value is -3.19. The Morgan fingerprint density at radius 3 is 2.50 bits per heavy atom. The number of imide groups is 2. The highest BCUT2D eigenvalue weighted by Crippen LogP contribution is 2.28. The summed E-state index contributed by atoms with van der Waals surface area (Å²) in [6.45, 7) is 5.85. The van der Waals surface area contributed by atoms with Gasteiger partial charge in [-0.15, -0.1) is 0 Å². The van der Waals surface area contributed by atoms with Crippen LogP contribution in [-0.4, -0.2) is 24.5 Å². The largest absolute Gasteiger partial charge is 0.488 e. The number of carbonyl (C=O) groups excluding carboxylic acids is 3. The average molecular weight is 441 g/mol. The van der Waals surface area contributed by atoms with Crippen LogP contribution in [0.2, 0.25) is 0 Å². The summed E-state index contributed by atoms with van der Waals surface area (Å²) in [6, 6.07) is 11.3. The van der Waals surface area contributed by atoms with Crippen molar-refractivity contribution in [3.63, 3.8) is 0 Å². The second-order valence-corrected chi connectivity index (χ2v) is 6.94. The molecule has 4 amide bonds. The zero-order valence-electron chi connectivity index (χ0n) is 15.1. The van der Waals surface area contributed by atoms with E-state index in [1.165, 1.54) is 6.08 Å². The minimum Gasteiger partial charge on any atom is -0.488 e. The van der Waals surface area contributed by atoms with Crippen molar-refractivity contribution in [1.29, 1.82) is 0 Å². The number of urea groups is 1. The van der Waals surface area contributed by atoms with Gasteiger partial charge >= 0.3 is 6.03 Å². The Labute approximate surface area is 170 Å². The number of halogens is 1. The number of benzene rings is 2. The number of amides is 4. The monoisotopic (exact) mass is 440 g/mol. The van der Waals surface area contributed by atoms with E-state index in [-0.39, 0.29) is 5.57 Å². The lowest BCUT2D eigenvalue weighted by Gasteiger charge is -2.26. The highest BCUT2D eigenvalue weighted by Gasteiger charge is 2.36. The lowest BCUT2D eigenvalue weighted by Crippen LogP contribution is -2.54. The molecular formula is C21H17BrN2O4. The number of ether oxygens (including phenoxy) is 1. The fourth-order valence-electron chi connectivity index (χ4n) is 2.63. The van der Waals surface area contributed by atoms with Crippen LogP contribution in [0.1, 0.15) is 11.1 Å². The molecule has 0 saturated carbocycles. The van der Waals surface area contributed by atoms with Gasteiger partial charge in [0.2, 0.25) is 0 Å². The lowest BCUT2D eigenvalue weighted by atomic mass is 10.1. The van der Waals surface area contributed by atoms with Crippen molar-refractivity contribution < 1.29 is 19.1 Å². The first-order chi connectivity index (χ1) is 13.4. The Bertz CT molecular complexity index is 996. The van der Waals surface area contributed by atoms with Crippen molar-refractivity contribution >= 4 is 45.5 Å². The van der Waals surface area contributed by atoms with Crippen LogP contribution in [0.5, 0.6) is 5.75 Å². The number of hydrogen-bond donors (Lipinski definition) is 1. The Kier molecular flexibility index (Phi) is 5.75. The third-order valence-corrected chi connectivity index (χ3v) is 4.64. The molecule has 0 unspecified atom stereocenters. The van der Waals surface area contributed by atoms with Gasteiger partial charge in [0.1, 0.15) is 17.9 Å². The predicted molar refractivity (Wildman–Crippen MR) is 110 cm³/mol. The molecule has 0 aromatic heterocycles. The highest BCUT2D eigenvalue weighted by atomic mass is 79.9. The van der Waals surface area contributed by atoms with Crippen molar-refractivity contribution in [2.75, 3.05) is 11.5 Å². The fraction of sp³-hybridized carbons (Fsp3) is 0.0952. The Balaban J connectivity index is 1.93. The quantitative estimate of drug-likeness (QED) is 0.433. The fourth-order valence-corrected chi connectivity index (χ4v) is 3.14. The van der Waals surface area contributed by atoms with E-state index in [9.17, 15) is 14.4 Å². The summed E-state index contributed by atoms with van der Waals surface area (Å²) in [5.41, 5.74) is 1.85. The first kappa shape index (κ1) is 19.6. The number of rotatable bonds is 5. The molecule has 0 spiro atoms. The number of barbiturate groups is 1. The third kappa shape index (κ3) is 4.04. The lowest BCUT2D eigenvalue weighted by molar-refractivity contribution is -0.122. The summed E-state index contributed by atoms with van der Waals surface area (Å²) in [6.07, 6.45) is 3.07. The van der Waals surface area contributed by atoms with Gasteiger partial charge in [-0.1, -0.05) is 36.4 Å². The minimum absolute atomic E-state index is 0.133. The molecule has 1 N–H and O–H groups in total. The van der Waals surface area contributed by atoms with Crippen molar-refractivity contribution in [2.24, 2.45) is 0 Å². The molecule has 1 aliphatic heterocycles. The van der Waals surface area contributed by atoms with Gasteiger partial charge in [-0.3, -0.25) is 14.9 Å². The Morgan fingerprint density at radius 1 is 1.14 bits per heavy atom. The Morgan fingerprint density at radius 2 is 1.86 bits per heavy atom. The SMILES string of the molecule is C=CCOc1ccc(/C=C2\C(=O)NC(=O)N(c3ccc(C)cc3)C2=O)cc1Br. The van der Waals surface area contributed by atoms with Crippen LogP contribution >= 0.6 is 15.9 Å². The van der Waals surface area contributed by atoms with E-state index in [0.29, 0.717) is 28.1 Å². The zero-order chi connectivity index (χ0) is 20.3. The van der Waals surface area contributed by atoms with Crippen LogP contribution < -0.4 is 15.0 Å².